The van der Waals surface area contributed by atoms with E-state index in [0.29, 0.717) is 5.91 Å². The van der Waals surface area contributed by atoms with Gasteiger partial charge in [0.1, 0.15) is 0 Å². The zero-order valence-corrected chi connectivity index (χ0v) is 13.1. The highest BCUT2D eigenvalue weighted by molar-refractivity contribution is 5.84. The zero-order chi connectivity index (χ0) is 14.3. The number of amides is 1. The fourth-order valence-electron chi connectivity index (χ4n) is 3.37. The van der Waals surface area contributed by atoms with Crippen molar-refractivity contribution < 1.29 is 4.79 Å². The molecule has 0 bridgehead atoms. The summed E-state index contributed by atoms with van der Waals surface area (Å²) in [6.45, 7) is 15.0. The molecule has 1 aliphatic carbocycles. The Kier molecular flexibility index (Phi) is 3.94. The normalized spacial score (nSPS) is 26.2. The molecular weight excluding hydrogens is 238 g/mol. The van der Waals surface area contributed by atoms with Gasteiger partial charge in [-0.05, 0) is 10.8 Å². The maximum atomic E-state index is 12.5. The van der Waals surface area contributed by atoms with E-state index in [0.717, 1.165) is 39.3 Å². The second kappa shape index (κ2) is 5.06. The zero-order valence-electron chi connectivity index (χ0n) is 13.1. The maximum absolute atomic E-state index is 12.5. The summed E-state index contributed by atoms with van der Waals surface area (Å²) in [5.74, 6) is 0.512. The van der Waals surface area contributed by atoms with Crippen LogP contribution in [0.2, 0.25) is 0 Å². The first-order chi connectivity index (χ1) is 8.78. The van der Waals surface area contributed by atoms with E-state index in [1.165, 1.54) is 0 Å². The summed E-state index contributed by atoms with van der Waals surface area (Å²) >= 11 is 0. The van der Waals surface area contributed by atoms with Crippen LogP contribution in [0.5, 0.6) is 0 Å². The van der Waals surface area contributed by atoms with Crippen molar-refractivity contribution >= 4 is 5.91 Å². The molecule has 1 aliphatic heterocycles. The predicted molar refractivity (Wildman–Crippen MR) is 78.0 cm³/mol. The van der Waals surface area contributed by atoms with Crippen LogP contribution in [0.4, 0.5) is 0 Å². The average Bonchev–Trinajstić information content (AvgIpc) is 2.77. The summed E-state index contributed by atoms with van der Waals surface area (Å²) in [6.07, 6.45) is 0. The molecule has 0 aromatic heterocycles. The molecule has 4 heteroatoms. The second-order valence-corrected chi connectivity index (χ2v) is 7.23. The Bertz CT molecular complexity index is 331. The Hall–Kier alpha value is -0.610. The largest absolute Gasteiger partial charge is 0.344 e. The van der Waals surface area contributed by atoms with Gasteiger partial charge in [-0.25, -0.2) is 0 Å². The molecule has 2 fully saturated rings. The van der Waals surface area contributed by atoms with E-state index in [1.54, 1.807) is 0 Å². The van der Waals surface area contributed by atoms with Crippen molar-refractivity contribution in [3.05, 3.63) is 0 Å². The van der Waals surface area contributed by atoms with Crippen LogP contribution in [0.25, 0.3) is 0 Å². The number of hydrogen-bond donors (Lipinski definition) is 1. The molecule has 0 aromatic rings. The number of nitrogens with one attached hydrogen (secondary N) is 1. The third-order valence-corrected chi connectivity index (χ3v) is 5.61. The molecule has 0 radical (unpaired) electrons. The van der Waals surface area contributed by atoms with Crippen LogP contribution < -0.4 is 5.32 Å². The van der Waals surface area contributed by atoms with Crippen LogP contribution in [0.15, 0.2) is 0 Å². The van der Waals surface area contributed by atoms with E-state index in [-0.39, 0.29) is 16.7 Å². The Balaban J connectivity index is 1.80. The summed E-state index contributed by atoms with van der Waals surface area (Å²) in [7, 11) is 1.95. The molecule has 110 valence electrons. The van der Waals surface area contributed by atoms with E-state index in [2.05, 4.69) is 37.9 Å². The van der Waals surface area contributed by atoms with Crippen LogP contribution in [-0.2, 0) is 4.79 Å². The van der Waals surface area contributed by atoms with Crippen molar-refractivity contribution in [3.63, 3.8) is 0 Å². The highest BCUT2D eigenvalue weighted by atomic mass is 16.2. The summed E-state index contributed by atoms with van der Waals surface area (Å²) < 4.78 is 0. The van der Waals surface area contributed by atoms with Gasteiger partial charge in [-0.1, -0.05) is 27.7 Å². The van der Waals surface area contributed by atoms with E-state index in [1.807, 2.05) is 11.9 Å². The van der Waals surface area contributed by atoms with Gasteiger partial charge in [0.25, 0.3) is 0 Å². The quantitative estimate of drug-likeness (QED) is 0.826. The van der Waals surface area contributed by atoms with Gasteiger partial charge < -0.3 is 10.2 Å². The minimum Gasteiger partial charge on any atom is -0.344 e. The third-order valence-electron chi connectivity index (χ3n) is 5.61. The molecule has 4 nitrogen and oxygen atoms in total. The Morgan fingerprint density at radius 1 is 1.21 bits per heavy atom. The van der Waals surface area contributed by atoms with E-state index in [9.17, 15) is 4.79 Å². The second-order valence-electron chi connectivity index (χ2n) is 7.23. The lowest BCUT2D eigenvalue weighted by atomic mass is 10.0. The molecule has 1 saturated carbocycles. The monoisotopic (exact) mass is 267 g/mol. The van der Waals surface area contributed by atoms with E-state index >= 15 is 0 Å². The first-order valence-electron chi connectivity index (χ1n) is 7.46. The molecule has 0 spiro atoms. The van der Waals surface area contributed by atoms with E-state index in [4.69, 9.17) is 0 Å². The number of rotatable bonds is 4. The molecule has 19 heavy (non-hydrogen) atoms. The van der Waals surface area contributed by atoms with Crippen LogP contribution in [0, 0.1) is 16.7 Å². The molecule has 1 saturated heterocycles. The lowest BCUT2D eigenvalue weighted by Crippen LogP contribution is -2.46. The van der Waals surface area contributed by atoms with Gasteiger partial charge in [0.15, 0.2) is 0 Å². The molecule has 0 unspecified atom stereocenters. The third kappa shape index (κ3) is 2.65. The van der Waals surface area contributed by atoms with Crippen molar-refractivity contribution in [2.75, 3.05) is 46.3 Å². The van der Waals surface area contributed by atoms with Crippen LogP contribution in [-0.4, -0.2) is 62.0 Å². The van der Waals surface area contributed by atoms with Gasteiger partial charge in [-0.2, -0.15) is 0 Å². The standard InChI is InChI=1S/C15H29N3O/c1-14(2)12(15(14,3)4)13(19)17(5)10-11-18-8-6-16-7-9-18/h12,16H,6-11H2,1-5H3. The molecule has 1 amide bonds. The summed E-state index contributed by atoms with van der Waals surface area (Å²) in [5, 5.41) is 3.35. The van der Waals surface area contributed by atoms with Gasteiger partial charge in [0.05, 0.1) is 0 Å². The number of carbonyl (C=O) groups is 1. The van der Waals surface area contributed by atoms with Gasteiger partial charge in [-0.3, -0.25) is 9.69 Å². The molecule has 1 N–H and O–H groups in total. The number of piperazine rings is 1. The average molecular weight is 267 g/mol. The van der Waals surface area contributed by atoms with Crippen molar-refractivity contribution in [1.29, 1.82) is 0 Å². The van der Waals surface area contributed by atoms with Crippen LogP contribution in [0.3, 0.4) is 0 Å². The van der Waals surface area contributed by atoms with Gasteiger partial charge in [0.2, 0.25) is 5.91 Å². The van der Waals surface area contributed by atoms with Crippen LogP contribution >= 0.6 is 0 Å². The molecule has 2 aliphatic rings. The molecule has 2 rings (SSSR count). The minimum atomic E-state index is 0.146. The lowest BCUT2D eigenvalue weighted by Gasteiger charge is -2.29. The fraction of sp³-hybridized carbons (Fsp3) is 0.933. The minimum absolute atomic E-state index is 0.146. The number of carbonyl (C=O) groups excluding carboxylic acids is 1. The Morgan fingerprint density at radius 3 is 2.21 bits per heavy atom. The van der Waals surface area contributed by atoms with Crippen LogP contribution in [0.1, 0.15) is 27.7 Å². The topological polar surface area (TPSA) is 35.6 Å². The van der Waals surface area contributed by atoms with Crippen molar-refractivity contribution in [2.45, 2.75) is 27.7 Å². The first kappa shape index (κ1) is 14.8. The Labute approximate surface area is 117 Å². The van der Waals surface area contributed by atoms with E-state index < -0.39 is 0 Å². The highest BCUT2D eigenvalue weighted by Gasteiger charge is 2.68. The summed E-state index contributed by atoms with van der Waals surface area (Å²) in [4.78, 5) is 16.9. The van der Waals surface area contributed by atoms with Gasteiger partial charge in [0, 0.05) is 52.2 Å². The number of hydrogen-bond acceptors (Lipinski definition) is 3. The molecule has 0 atom stereocenters. The summed E-state index contributed by atoms with van der Waals surface area (Å²) in [5.41, 5.74) is 0.292. The van der Waals surface area contributed by atoms with Gasteiger partial charge in [-0.15, -0.1) is 0 Å². The fourth-order valence-corrected chi connectivity index (χ4v) is 3.37. The number of likely N-dealkylation sites (N-methyl/N-ethyl adjacent to an activating group) is 1. The van der Waals surface area contributed by atoms with Crippen molar-refractivity contribution in [1.82, 2.24) is 15.1 Å². The predicted octanol–water partition coefficient (Wildman–Crippen LogP) is 1.03. The molecule has 0 aromatic carbocycles. The van der Waals surface area contributed by atoms with Gasteiger partial charge >= 0.3 is 0 Å². The SMILES string of the molecule is CN(CCN1CCNCC1)C(=O)C1C(C)(C)C1(C)C. The number of nitrogens with zero attached hydrogens (tertiary/aromatic N) is 2. The van der Waals surface area contributed by atoms with Crippen molar-refractivity contribution in [2.24, 2.45) is 16.7 Å². The Morgan fingerprint density at radius 2 is 1.74 bits per heavy atom. The molecular formula is C15H29N3O. The summed E-state index contributed by atoms with van der Waals surface area (Å²) in [6, 6.07) is 0. The van der Waals surface area contributed by atoms with Crippen molar-refractivity contribution in [3.8, 4) is 0 Å². The lowest BCUT2D eigenvalue weighted by molar-refractivity contribution is -0.132. The smallest absolute Gasteiger partial charge is 0.226 e. The first-order valence-corrected chi connectivity index (χ1v) is 7.46. The molecule has 1 heterocycles. The maximum Gasteiger partial charge on any atom is 0.226 e. The highest BCUT2D eigenvalue weighted by Crippen LogP contribution is 2.68.